The van der Waals surface area contributed by atoms with Crippen molar-refractivity contribution in [2.75, 3.05) is 19.7 Å². The van der Waals surface area contributed by atoms with Gasteiger partial charge in [0.25, 0.3) is 0 Å². The molecule has 0 aromatic carbocycles. The van der Waals surface area contributed by atoms with Crippen LogP contribution in [0.25, 0.3) is 0 Å². The zero-order chi connectivity index (χ0) is 9.52. The largest absolute Gasteiger partial charge is 0.375 e. The fourth-order valence-corrected chi connectivity index (χ4v) is 1.58. The van der Waals surface area contributed by atoms with E-state index in [4.69, 9.17) is 4.74 Å². The van der Waals surface area contributed by atoms with Crippen LogP contribution in [-0.2, 0) is 9.53 Å². The van der Waals surface area contributed by atoms with Crippen molar-refractivity contribution in [2.45, 2.75) is 25.4 Å². The van der Waals surface area contributed by atoms with E-state index < -0.39 is 0 Å². The highest BCUT2D eigenvalue weighted by Gasteiger charge is 2.23. The first-order valence-corrected chi connectivity index (χ1v) is 4.95. The minimum Gasteiger partial charge on any atom is -0.375 e. The van der Waals surface area contributed by atoms with Crippen LogP contribution in [0.1, 0.15) is 19.3 Å². The lowest BCUT2D eigenvalue weighted by Crippen LogP contribution is -2.43. The molecule has 2 unspecified atom stereocenters. The van der Waals surface area contributed by atoms with E-state index in [1.807, 2.05) is 0 Å². The van der Waals surface area contributed by atoms with Gasteiger partial charge in [-0.2, -0.15) is 0 Å². The molecule has 0 spiro atoms. The van der Waals surface area contributed by atoms with Gasteiger partial charge < -0.3 is 14.8 Å². The molecule has 2 atom stereocenters. The van der Waals surface area contributed by atoms with Crippen LogP contribution >= 0.6 is 0 Å². The molecule has 0 aromatic rings. The Balaban J connectivity index is 2.30. The lowest BCUT2D eigenvalue weighted by atomic mass is 9.97. The molecule has 75 valence electrons. The molecule has 1 radical (unpaired) electrons. The fourth-order valence-electron chi connectivity index (χ4n) is 1.58. The molecule has 1 fully saturated rings. The van der Waals surface area contributed by atoms with Crippen molar-refractivity contribution in [1.82, 2.24) is 5.32 Å². The fraction of sp³-hybridized carbons (Fsp3) is 0.800. The standard InChI is InChI=1S/C10H18NO2/c1-2-3-4-9(8-12)10-7-11-5-6-13-10/h8-11H,1-7H2. The summed E-state index contributed by atoms with van der Waals surface area (Å²) in [5.74, 6) is 0.0505. The average molecular weight is 184 g/mol. The number of hydrogen-bond donors (Lipinski definition) is 1. The van der Waals surface area contributed by atoms with Crippen LogP contribution in [0.2, 0.25) is 0 Å². The van der Waals surface area contributed by atoms with Gasteiger partial charge in [0.1, 0.15) is 6.29 Å². The van der Waals surface area contributed by atoms with Crippen LogP contribution in [0.15, 0.2) is 0 Å². The number of rotatable bonds is 5. The van der Waals surface area contributed by atoms with Crippen molar-refractivity contribution in [3.8, 4) is 0 Å². The van der Waals surface area contributed by atoms with Gasteiger partial charge in [-0.25, -0.2) is 0 Å². The van der Waals surface area contributed by atoms with Crippen LogP contribution in [0.5, 0.6) is 0 Å². The number of carbonyl (C=O) groups is 1. The van der Waals surface area contributed by atoms with Crippen molar-refractivity contribution in [3.05, 3.63) is 6.92 Å². The minimum atomic E-state index is 0.0505. The van der Waals surface area contributed by atoms with Crippen LogP contribution in [0, 0.1) is 12.8 Å². The molecular weight excluding hydrogens is 166 g/mol. The van der Waals surface area contributed by atoms with Crippen molar-refractivity contribution in [3.63, 3.8) is 0 Å². The maximum atomic E-state index is 10.8. The number of nitrogens with one attached hydrogen (secondary N) is 1. The molecule has 0 aromatic heterocycles. The highest BCUT2D eigenvalue weighted by molar-refractivity contribution is 5.54. The molecule has 3 nitrogen and oxygen atoms in total. The first kappa shape index (κ1) is 10.7. The van der Waals surface area contributed by atoms with Gasteiger partial charge in [-0.05, 0) is 6.42 Å². The van der Waals surface area contributed by atoms with Crippen molar-refractivity contribution >= 4 is 6.29 Å². The van der Waals surface area contributed by atoms with Gasteiger partial charge in [0, 0.05) is 19.0 Å². The second-order valence-electron chi connectivity index (χ2n) is 3.41. The third kappa shape index (κ3) is 3.44. The summed E-state index contributed by atoms with van der Waals surface area (Å²) < 4.78 is 5.51. The summed E-state index contributed by atoms with van der Waals surface area (Å²) in [5, 5.41) is 3.23. The van der Waals surface area contributed by atoms with Gasteiger partial charge in [0.15, 0.2) is 0 Å². The smallest absolute Gasteiger partial charge is 0.125 e. The van der Waals surface area contributed by atoms with Gasteiger partial charge in [0.05, 0.1) is 12.7 Å². The molecule has 1 saturated heterocycles. The number of carbonyl (C=O) groups excluding carboxylic acids is 1. The number of morpholine rings is 1. The van der Waals surface area contributed by atoms with E-state index in [9.17, 15) is 4.79 Å². The Morgan fingerprint density at radius 1 is 1.69 bits per heavy atom. The van der Waals surface area contributed by atoms with Crippen LogP contribution < -0.4 is 5.32 Å². The van der Waals surface area contributed by atoms with E-state index in [1.54, 1.807) is 0 Å². The normalized spacial score (nSPS) is 25.5. The monoisotopic (exact) mass is 184 g/mol. The Morgan fingerprint density at radius 3 is 3.08 bits per heavy atom. The molecule has 1 heterocycles. The van der Waals surface area contributed by atoms with E-state index in [0.29, 0.717) is 0 Å². The summed E-state index contributed by atoms with van der Waals surface area (Å²) in [7, 11) is 0. The molecule has 1 N–H and O–H groups in total. The van der Waals surface area contributed by atoms with Crippen LogP contribution in [-0.4, -0.2) is 32.1 Å². The summed E-state index contributed by atoms with van der Waals surface area (Å²) in [5.41, 5.74) is 0. The van der Waals surface area contributed by atoms with Gasteiger partial charge >= 0.3 is 0 Å². The first-order chi connectivity index (χ1) is 6.38. The second kappa shape index (κ2) is 6.11. The first-order valence-electron chi connectivity index (χ1n) is 4.95. The van der Waals surface area contributed by atoms with E-state index in [0.717, 1.165) is 45.2 Å². The predicted molar refractivity (Wildman–Crippen MR) is 51.4 cm³/mol. The summed E-state index contributed by atoms with van der Waals surface area (Å²) >= 11 is 0. The van der Waals surface area contributed by atoms with E-state index in [2.05, 4.69) is 12.2 Å². The van der Waals surface area contributed by atoms with Crippen LogP contribution in [0.4, 0.5) is 0 Å². The zero-order valence-electron chi connectivity index (χ0n) is 8.00. The summed E-state index contributed by atoms with van der Waals surface area (Å²) in [4.78, 5) is 10.8. The minimum absolute atomic E-state index is 0.0505. The Kier molecular flexibility index (Phi) is 5.01. The number of aldehydes is 1. The summed E-state index contributed by atoms with van der Waals surface area (Å²) in [6, 6.07) is 0. The van der Waals surface area contributed by atoms with Gasteiger partial charge in [-0.1, -0.05) is 19.8 Å². The quantitative estimate of drug-likeness (QED) is 0.642. The predicted octanol–water partition coefficient (Wildman–Crippen LogP) is 0.794. The molecule has 3 heteroatoms. The molecule has 0 saturated carbocycles. The van der Waals surface area contributed by atoms with Crippen molar-refractivity contribution in [2.24, 2.45) is 5.92 Å². The highest BCUT2D eigenvalue weighted by Crippen LogP contribution is 2.14. The average Bonchev–Trinajstić information content (AvgIpc) is 2.21. The molecular formula is C10H18NO2. The molecule has 1 rings (SSSR count). The third-order valence-electron chi connectivity index (χ3n) is 2.40. The molecule has 1 aliphatic rings. The molecule has 0 aliphatic carbocycles. The molecule has 1 aliphatic heterocycles. The maximum absolute atomic E-state index is 10.8. The second-order valence-corrected chi connectivity index (χ2v) is 3.41. The lowest BCUT2D eigenvalue weighted by Gasteiger charge is -2.27. The molecule has 13 heavy (non-hydrogen) atoms. The maximum Gasteiger partial charge on any atom is 0.125 e. The van der Waals surface area contributed by atoms with E-state index in [1.165, 1.54) is 0 Å². The Morgan fingerprint density at radius 2 is 2.54 bits per heavy atom. The molecule has 0 bridgehead atoms. The number of unbranched alkanes of at least 4 members (excludes halogenated alkanes) is 1. The summed E-state index contributed by atoms with van der Waals surface area (Å²) in [6.07, 6.45) is 3.90. The number of hydrogen-bond acceptors (Lipinski definition) is 3. The highest BCUT2D eigenvalue weighted by atomic mass is 16.5. The Labute approximate surface area is 79.8 Å². The van der Waals surface area contributed by atoms with E-state index in [-0.39, 0.29) is 12.0 Å². The SMILES string of the molecule is [CH2]CCCC(C=O)C1CNCCO1. The topological polar surface area (TPSA) is 38.3 Å². The Bertz CT molecular complexity index is 144. The van der Waals surface area contributed by atoms with E-state index >= 15 is 0 Å². The van der Waals surface area contributed by atoms with Crippen molar-refractivity contribution in [1.29, 1.82) is 0 Å². The Hall–Kier alpha value is -0.410. The third-order valence-corrected chi connectivity index (χ3v) is 2.40. The van der Waals surface area contributed by atoms with Crippen molar-refractivity contribution < 1.29 is 9.53 Å². The van der Waals surface area contributed by atoms with Crippen LogP contribution in [0.3, 0.4) is 0 Å². The number of ether oxygens (including phenoxy) is 1. The molecule has 0 amide bonds. The van der Waals surface area contributed by atoms with Gasteiger partial charge in [0.2, 0.25) is 0 Å². The van der Waals surface area contributed by atoms with Gasteiger partial charge in [-0.3, -0.25) is 0 Å². The zero-order valence-corrected chi connectivity index (χ0v) is 8.00. The van der Waals surface area contributed by atoms with Gasteiger partial charge in [-0.15, -0.1) is 0 Å². The summed E-state index contributed by atoms with van der Waals surface area (Å²) in [6.45, 7) is 6.19. The lowest BCUT2D eigenvalue weighted by molar-refractivity contribution is -0.117.